The van der Waals surface area contributed by atoms with Crippen LogP contribution in [-0.4, -0.2) is 29.6 Å². The van der Waals surface area contributed by atoms with E-state index >= 15 is 0 Å². The van der Waals surface area contributed by atoms with Gasteiger partial charge < -0.3 is 15.2 Å². The Labute approximate surface area is 114 Å². The van der Waals surface area contributed by atoms with Gasteiger partial charge in [0.2, 0.25) is 5.91 Å². The van der Waals surface area contributed by atoms with Gasteiger partial charge >= 0.3 is 5.97 Å². The van der Waals surface area contributed by atoms with Crippen molar-refractivity contribution in [1.82, 2.24) is 5.32 Å². The Kier molecular flexibility index (Phi) is 5.15. The number of nitriles is 1. The molecule has 0 aliphatic heterocycles. The molecule has 6 nitrogen and oxygen atoms in total. The Morgan fingerprint density at radius 2 is 2.26 bits per heavy atom. The highest BCUT2D eigenvalue weighted by molar-refractivity contribution is 6.31. The molecule has 19 heavy (non-hydrogen) atoms. The van der Waals surface area contributed by atoms with E-state index in [1.165, 1.54) is 19.1 Å². The van der Waals surface area contributed by atoms with Crippen LogP contribution < -0.4 is 10.1 Å². The Balaban J connectivity index is 2.80. The van der Waals surface area contributed by atoms with Crippen LogP contribution >= 0.6 is 11.6 Å². The molecule has 0 fully saturated rings. The topological polar surface area (TPSA) is 99.4 Å². The van der Waals surface area contributed by atoms with E-state index in [0.29, 0.717) is 0 Å². The summed E-state index contributed by atoms with van der Waals surface area (Å²) in [4.78, 5) is 21.7. The molecule has 0 saturated heterocycles. The van der Waals surface area contributed by atoms with Gasteiger partial charge in [0.1, 0.15) is 24.0 Å². The Morgan fingerprint density at radius 1 is 1.58 bits per heavy atom. The van der Waals surface area contributed by atoms with E-state index in [0.717, 1.165) is 0 Å². The first-order chi connectivity index (χ1) is 8.95. The van der Waals surface area contributed by atoms with Gasteiger partial charge in [-0.3, -0.25) is 4.79 Å². The van der Waals surface area contributed by atoms with Crippen LogP contribution in [0.3, 0.4) is 0 Å². The second-order valence-electron chi connectivity index (χ2n) is 3.63. The van der Waals surface area contributed by atoms with Gasteiger partial charge in [-0.2, -0.15) is 5.26 Å². The maximum atomic E-state index is 10.9. The van der Waals surface area contributed by atoms with Crippen LogP contribution in [-0.2, 0) is 9.59 Å². The number of nitrogens with zero attached hydrogens (tertiary/aromatic N) is 1. The molecule has 7 heteroatoms. The average molecular weight is 283 g/mol. The number of aliphatic carboxylic acids is 1. The summed E-state index contributed by atoms with van der Waals surface area (Å²) in [6.45, 7) is 0.903. The van der Waals surface area contributed by atoms with E-state index in [9.17, 15) is 9.59 Å². The number of hydrogen-bond donors (Lipinski definition) is 2. The highest BCUT2D eigenvalue weighted by atomic mass is 35.5. The van der Waals surface area contributed by atoms with Gasteiger partial charge in [-0.05, 0) is 12.1 Å². The molecule has 1 atom stereocenters. The van der Waals surface area contributed by atoms with E-state index in [2.05, 4.69) is 5.32 Å². The fraction of sp³-hybridized carbons (Fsp3) is 0.250. The van der Waals surface area contributed by atoms with Crippen molar-refractivity contribution in [3.63, 3.8) is 0 Å². The van der Waals surface area contributed by atoms with Crippen molar-refractivity contribution in [3.8, 4) is 11.8 Å². The Bertz CT molecular complexity index is 539. The molecule has 100 valence electrons. The first kappa shape index (κ1) is 14.8. The van der Waals surface area contributed by atoms with Crippen molar-refractivity contribution in [2.45, 2.75) is 13.0 Å². The standard InChI is InChI=1S/C12H11ClN2O4/c1-7(16)15-10(12(17)18)6-19-11-4-2-3-9(13)8(11)5-14/h2-4,10H,6H2,1H3,(H,15,16)(H,17,18). The zero-order valence-corrected chi connectivity index (χ0v) is 10.8. The van der Waals surface area contributed by atoms with Gasteiger partial charge in [0.15, 0.2) is 6.04 Å². The number of ether oxygens (including phenoxy) is 1. The quantitative estimate of drug-likeness (QED) is 0.845. The van der Waals surface area contributed by atoms with Crippen molar-refractivity contribution in [1.29, 1.82) is 5.26 Å². The summed E-state index contributed by atoms with van der Waals surface area (Å²) in [5, 5.41) is 20.3. The third-order valence-corrected chi connectivity index (χ3v) is 2.48. The molecule has 0 spiro atoms. The van der Waals surface area contributed by atoms with E-state index in [1.807, 2.05) is 6.07 Å². The molecular formula is C12H11ClN2O4. The van der Waals surface area contributed by atoms with Crippen LogP contribution in [0.1, 0.15) is 12.5 Å². The summed E-state index contributed by atoms with van der Waals surface area (Å²) in [6, 6.07) is 5.27. The van der Waals surface area contributed by atoms with Gasteiger partial charge in [-0.1, -0.05) is 17.7 Å². The van der Waals surface area contributed by atoms with Crippen LogP contribution in [0.4, 0.5) is 0 Å². The summed E-state index contributed by atoms with van der Waals surface area (Å²) in [7, 11) is 0. The van der Waals surface area contributed by atoms with Crippen molar-refractivity contribution in [2.24, 2.45) is 0 Å². The second-order valence-corrected chi connectivity index (χ2v) is 4.03. The number of carbonyl (C=O) groups is 2. The fourth-order valence-electron chi connectivity index (χ4n) is 1.33. The van der Waals surface area contributed by atoms with E-state index in [1.54, 1.807) is 6.07 Å². The van der Waals surface area contributed by atoms with Gasteiger partial charge in [-0.15, -0.1) is 0 Å². The molecule has 1 amide bonds. The maximum absolute atomic E-state index is 10.9. The molecule has 0 aromatic heterocycles. The third kappa shape index (κ3) is 4.16. The van der Waals surface area contributed by atoms with Crippen LogP contribution in [0.15, 0.2) is 18.2 Å². The Hall–Kier alpha value is -2.26. The number of hydrogen-bond acceptors (Lipinski definition) is 4. The van der Waals surface area contributed by atoms with Gasteiger partial charge in [-0.25, -0.2) is 4.79 Å². The fourth-order valence-corrected chi connectivity index (χ4v) is 1.53. The highest BCUT2D eigenvalue weighted by Gasteiger charge is 2.20. The molecule has 0 saturated carbocycles. The normalized spacial score (nSPS) is 11.2. The predicted octanol–water partition coefficient (Wildman–Crippen LogP) is 1.18. The van der Waals surface area contributed by atoms with Crippen molar-refractivity contribution >= 4 is 23.5 Å². The van der Waals surface area contributed by atoms with Crippen LogP contribution in [0.25, 0.3) is 0 Å². The molecule has 1 aromatic rings. The van der Waals surface area contributed by atoms with E-state index in [-0.39, 0.29) is 22.9 Å². The average Bonchev–Trinajstić information content (AvgIpc) is 2.33. The maximum Gasteiger partial charge on any atom is 0.329 e. The lowest BCUT2D eigenvalue weighted by atomic mass is 10.2. The summed E-state index contributed by atoms with van der Waals surface area (Å²) in [6.07, 6.45) is 0. The lowest BCUT2D eigenvalue weighted by Crippen LogP contribution is -2.43. The highest BCUT2D eigenvalue weighted by Crippen LogP contribution is 2.25. The first-order valence-corrected chi connectivity index (χ1v) is 5.64. The number of benzene rings is 1. The minimum absolute atomic E-state index is 0.121. The van der Waals surface area contributed by atoms with Gasteiger partial charge in [0, 0.05) is 6.92 Å². The van der Waals surface area contributed by atoms with E-state index < -0.39 is 17.9 Å². The zero-order valence-electron chi connectivity index (χ0n) is 10.0. The summed E-state index contributed by atoms with van der Waals surface area (Å²) in [5.74, 6) is -1.54. The van der Waals surface area contributed by atoms with Gasteiger partial charge in [0.05, 0.1) is 5.02 Å². The molecule has 0 radical (unpaired) electrons. The van der Waals surface area contributed by atoms with Crippen LogP contribution in [0, 0.1) is 11.3 Å². The van der Waals surface area contributed by atoms with Crippen molar-refractivity contribution < 1.29 is 19.4 Å². The molecule has 0 aliphatic carbocycles. The Morgan fingerprint density at radius 3 is 2.79 bits per heavy atom. The molecule has 0 bridgehead atoms. The van der Waals surface area contributed by atoms with Gasteiger partial charge in [0.25, 0.3) is 0 Å². The second kappa shape index (κ2) is 6.61. The summed E-state index contributed by atoms with van der Waals surface area (Å²) in [5.41, 5.74) is 0.121. The number of rotatable bonds is 5. The van der Waals surface area contributed by atoms with Crippen LogP contribution in [0.2, 0.25) is 5.02 Å². The number of amides is 1. The molecular weight excluding hydrogens is 272 g/mol. The SMILES string of the molecule is CC(=O)NC(COc1cccc(Cl)c1C#N)C(=O)O. The number of carboxylic acids is 1. The lowest BCUT2D eigenvalue weighted by molar-refractivity contribution is -0.142. The summed E-state index contributed by atoms with van der Waals surface area (Å²) >= 11 is 5.80. The number of carboxylic acid groups (broad SMARTS) is 1. The third-order valence-electron chi connectivity index (χ3n) is 2.17. The smallest absolute Gasteiger partial charge is 0.329 e. The number of halogens is 1. The molecule has 1 unspecified atom stereocenters. The minimum atomic E-state index is -1.23. The zero-order chi connectivity index (χ0) is 14.4. The molecule has 2 N–H and O–H groups in total. The van der Waals surface area contributed by atoms with Crippen molar-refractivity contribution in [2.75, 3.05) is 6.61 Å². The van der Waals surface area contributed by atoms with Crippen molar-refractivity contribution in [3.05, 3.63) is 28.8 Å². The summed E-state index contributed by atoms with van der Waals surface area (Å²) < 4.78 is 5.23. The number of carbonyl (C=O) groups excluding carboxylic acids is 1. The van der Waals surface area contributed by atoms with Crippen LogP contribution in [0.5, 0.6) is 5.75 Å². The monoisotopic (exact) mass is 282 g/mol. The molecule has 1 rings (SSSR count). The number of nitrogens with one attached hydrogen (secondary N) is 1. The molecule has 1 aromatic carbocycles. The first-order valence-electron chi connectivity index (χ1n) is 5.27. The molecule has 0 aliphatic rings. The van der Waals surface area contributed by atoms with E-state index in [4.69, 9.17) is 26.7 Å². The predicted molar refractivity (Wildman–Crippen MR) is 66.9 cm³/mol. The molecule has 0 heterocycles. The lowest BCUT2D eigenvalue weighted by Gasteiger charge is -2.15. The minimum Gasteiger partial charge on any atom is -0.489 e. The largest absolute Gasteiger partial charge is 0.489 e.